The smallest absolute Gasteiger partial charge is 0.341 e. The Balaban J connectivity index is 2.44. The molecule has 1 aromatic carbocycles. The van der Waals surface area contributed by atoms with E-state index in [0.717, 1.165) is 17.3 Å². The third kappa shape index (κ3) is 2.89. The number of rotatable bonds is 4. The van der Waals surface area contributed by atoms with Crippen molar-refractivity contribution in [3.8, 4) is 0 Å². The van der Waals surface area contributed by atoms with E-state index in [1.165, 1.54) is 23.9 Å². The van der Waals surface area contributed by atoms with E-state index in [1.54, 1.807) is 13.0 Å². The van der Waals surface area contributed by atoms with Crippen LogP contribution < -0.4 is 4.72 Å². The number of anilines is 1. The maximum Gasteiger partial charge on any atom is 0.341 e. The van der Waals surface area contributed by atoms with Crippen molar-refractivity contribution in [3.63, 3.8) is 0 Å². The minimum atomic E-state index is -3.88. The van der Waals surface area contributed by atoms with Gasteiger partial charge in [0, 0.05) is 7.05 Å². The quantitative estimate of drug-likeness (QED) is 0.892. The zero-order chi connectivity index (χ0) is 15.8. The van der Waals surface area contributed by atoms with Gasteiger partial charge in [-0.2, -0.15) is 5.10 Å². The van der Waals surface area contributed by atoms with Gasteiger partial charge in [0.25, 0.3) is 10.0 Å². The fourth-order valence-electron chi connectivity index (χ4n) is 1.78. The Kier molecular flexibility index (Phi) is 3.73. The highest BCUT2D eigenvalue weighted by molar-refractivity contribution is 7.92. The molecular formula is C13H15N3O4S. The van der Waals surface area contributed by atoms with E-state index in [0.29, 0.717) is 0 Å². The van der Waals surface area contributed by atoms with E-state index in [-0.39, 0.29) is 16.3 Å². The number of carboxylic acids is 1. The normalized spacial score (nSPS) is 11.4. The van der Waals surface area contributed by atoms with Crippen LogP contribution in [-0.4, -0.2) is 29.3 Å². The molecule has 0 saturated heterocycles. The first-order valence-corrected chi connectivity index (χ1v) is 7.56. The van der Waals surface area contributed by atoms with Gasteiger partial charge in [0.15, 0.2) is 5.82 Å². The molecule has 21 heavy (non-hydrogen) atoms. The van der Waals surface area contributed by atoms with Crippen molar-refractivity contribution >= 4 is 21.8 Å². The molecule has 0 aliphatic carbocycles. The van der Waals surface area contributed by atoms with E-state index >= 15 is 0 Å². The summed E-state index contributed by atoms with van der Waals surface area (Å²) < 4.78 is 28.1. The Hall–Kier alpha value is -2.35. The first-order valence-electron chi connectivity index (χ1n) is 6.08. The second-order valence-corrected chi connectivity index (χ2v) is 6.37. The zero-order valence-corrected chi connectivity index (χ0v) is 12.6. The number of nitrogens with zero attached hydrogens (tertiary/aromatic N) is 2. The standard InChI is InChI=1S/C13H15N3O4S/c1-8-4-5-10(6-9(8)2)21(19,20)15-12-11(13(17)18)7-14-16(12)3/h4-7,15H,1-3H3,(H,17,18). The van der Waals surface area contributed by atoms with Gasteiger partial charge >= 0.3 is 5.97 Å². The Morgan fingerprint density at radius 2 is 1.95 bits per heavy atom. The zero-order valence-electron chi connectivity index (χ0n) is 11.8. The number of nitrogens with one attached hydrogen (secondary N) is 1. The molecule has 8 heteroatoms. The number of aryl methyl sites for hydroxylation is 3. The van der Waals surface area contributed by atoms with E-state index in [1.807, 2.05) is 6.92 Å². The van der Waals surface area contributed by atoms with Gasteiger partial charge < -0.3 is 5.11 Å². The first-order chi connectivity index (χ1) is 9.72. The van der Waals surface area contributed by atoms with Crippen molar-refractivity contribution < 1.29 is 18.3 Å². The lowest BCUT2D eigenvalue weighted by Gasteiger charge is -2.10. The van der Waals surface area contributed by atoms with Gasteiger partial charge in [-0.25, -0.2) is 13.2 Å². The molecule has 1 heterocycles. The molecule has 0 aliphatic heterocycles. The lowest BCUT2D eigenvalue weighted by Crippen LogP contribution is -2.17. The maximum atomic E-state index is 12.3. The molecule has 0 unspecified atom stereocenters. The van der Waals surface area contributed by atoms with Gasteiger partial charge in [0.1, 0.15) is 5.56 Å². The molecular weight excluding hydrogens is 294 g/mol. The Morgan fingerprint density at radius 3 is 2.52 bits per heavy atom. The van der Waals surface area contributed by atoms with Crippen LogP contribution >= 0.6 is 0 Å². The summed E-state index contributed by atoms with van der Waals surface area (Å²) in [6.45, 7) is 3.68. The molecule has 0 bridgehead atoms. The highest BCUT2D eigenvalue weighted by Crippen LogP contribution is 2.21. The molecule has 0 amide bonds. The predicted octanol–water partition coefficient (Wildman–Crippen LogP) is 1.54. The third-order valence-electron chi connectivity index (χ3n) is 3.19. The molecule has 2 rings (SSSR count). The third-order valence-corrected chi connectivity index (χ3v) is 4.53. The Bertz CT molecular complexity index is 809. The van der Waals surface area contributed by atoms with Gasteiger partial charge in [-0.15, -0.1) is 0 Å². The molecule has 0 fully saturated rings. The number of hydrogen-bond acceptors (Lipinski definition) is 4. The molecule has 0 spiro atoms. The number of carbonyl (C=O) groups is 1. The highest BCUT2D eigenvalue weighted by atomic mass is 32.2. The van der Waals surface area contributed by atoms with Crippen LogP contribution in [0.5, 0.6) is 0 Å². The van der Waals surface area contributed by atoms with Crippen LogP contribution in [0.25, 0.3) is 0 Å². The van der Waals surface area contributed by atoms with Crippen molar-refractivity contribution in [2.24, 2.45) is 7.05 Å². The number of benzene rings is 1. The molecule has 0 atom stereocenters. The summed E-state index contributed by atoms with van der Waals surface area (Å²) in [5.74, 6) is -1.33. The van der Waals surface area contributed by atoms with Crippen LogP contribution in [0.1, 0.15) is 21.5 Å². The summed E-state index contributed by atoms with van der Waals surface area (Å²) in [5.41, 5.74) is 1.60. The van der Waals surface area contributed by atoms with Gasteiger partial charge in [-0.1, -0.05) is 6.07 Å². The predicted molar refractivity (Wildman–Crippen MR) is 76.9 cm³/mol. The summed E-state index contributed by atoms with van der Waals surface area (Å²) in [5, 5.41) is 12.8. The number of hydrogen-bond donors (Lipinski definition) is 2. The van der Waals surface area contributed by atoms with Gasteiger partial charge in [-0.3, -0.25) is 9.40 Å². The van der Waals surface area contributed by atoms with Crippen LogP contribution in [-0.2, 0) is 17.1 Å². The minimum absolute atomic E-state index is 0.0724. The van der Waals surface area contributed by atoms with Gasteiger partial charge in [0.2, 0.25) is 0 Å². The molecule has 7 nitrogen and oxygen atoms in total. The Labute approximate surface area is 122 Å². The van der Waals surface area contributed by atoms with Crippen LogP contribution in [0.3, 0.4) is 0 Å². The van der Waals surface area contributed by atoms with Crippen molar-refractivity contribution in [2.75, 3.05) is 4.72 Å². The topological polar surface area (TPSA) is 101 Å². The van der Waals surface area contributed by atoms with E-state index in [9.17, 15) is 13.2 Å². The van der Waals surface area contributed by atoms with Crippen LogP contribution in [0, 0.1) is 13.8 Å². The summed E-state index contributed by atoms with van der Waals surface area (Å²) >= 11 is 0. The average Bonchev–Trinajstić information content (AvgIpc) is 2.74. The summed E-state index contributed by atoms with van der Waals surface area (Å²) in [6.07, 6.45) is 1.10. The second kappa shape index (κ2) is 5.21. The minimum Gasteiger partial charge on any atom is -0.477 e. The Morgan fingerprint density at radius 1 is 1.29 bits per heavy atom. The van der Waals surface area contributed by atoms with Crippen molar-refractivity contribution in [2.45, 2.75) is 18.7 Å². The first kappa shape index (κ1) is 15.0. The van der Waals surface area contributed by atoms with Crippen molar-refractivity contribution in [1.82, 2.24) is 9.78 Å². The lowest BCUT2D eigenvalue weighted by atomic mass is 10.1. The second-order valence-electron chi connectivity index (χ2n) is 4.69. The van der Waals surface area contributed by atoms with Crippen LogP contribution in [0.15, 0.2) is 29.3 Å². The average molecular weight is 309 g/mol. The maximum absolute atomic E-state index is 12.3. The number of sulfonamides is 1. The summed E-state index contributed by atoms with van der Waals surface area (Å²) in [4.78, 5) is 11.1. The molecule has 1 aromatic heterocycles. The van der Waals surface area contributed by atoms with E-state index in [2.05, 4.69) is 9.82 Å². The van der Waals surface area contributed by atoms with Gasteiger partial charge in [0.05, 0.1) is 11.1 Å². The molecule has 0 aliphatic rings. The SMILES string of the molecule is Cc1ccc(S(=O)(=O)Nc2c(C(=O)O)cnn2C)cc1C. The molecule has 2 aromatic rings. The largest absolute Gasteiger partial charge is 0.477 e. The van der Waals surface area contributed by atoms with Crippen LogP contribution in [0.2, 0.25) is 0 Å². The fourth-order valence-corrected chi connectivity index (χ4v) is 2.98. The lowest BCUT2D eigenvalue weighted by molar-refractivity contribution is 0.0698. The summed E-state index contributed by atoms with van der Waals surface area (Å²) in [7, 11) is -2.41. The number of aromatic carboxylic acids is 1. The van der Waals surface area contributed by atoms with Gasteiger partial charge in [-0.05, 0) is 37.1 Å². The molecule has 2 N–H and O–H groups in total. The highest BCUT2D eigenvalue weighted by Gasteiger charge is 2.22. The van der Waals surface area contributed by atoms with E-state index in [4.69, 9.17) is 5.11 Å². The molecule has 0 saturated carbocycles. The summed E-state index contributed by atoms with van der Waals surface area (Å²) in [6, 6.07) is 4.71. The van der Waals surface area contributed by atoms with Crippen molar-refractivity contribution in [1.29, 1.82) is 0 Å². The van der Waals surface area contributed by atoms with E-state index < -0.39 is 16.0 Å². The molecule has 0 radical (unpaired) electrons. The fraction of sp³-hybridized carbons (Fsp3) is 0.231. The number of aromatic nitrogens is 2. The molecule has 112 valence electrons. The number of carboxylic acid groups (broad SMARTS) is 1. The van der Waals surface area contributed by atoms with Crippen molar-refractivity contribution in [3.05, 3.63) is 41.1 Å². The monoisotopic (exact) mass is 309 g/mol. The van der Waals surface area contributed by atoms with Crippen LogP contribution in [0.4, 0.5) is 5.82 Å².